The van der Waals surface area contributed by atoms with E-state index in [4.69, 9.17) is 10.5 Å². The first-order chi connectivity index (χ1) is 8.27. The molecule has 2 N–H and O–H groups in total. The number of rotatable bonds is 2. The average Bonchev–Trinajstić information content (AvgIpc) is 3.18. The van der Waals surface area contributed by atoms with Crippen LogP contribution in [0.25, 0.3) is 0 Å². The predicted octanol–water partition coefficient (Wildman–Crippen LogP) is 0.895. The maximum Gasteiger partial charge on any atom is 0.230 e. The molecule has 0 spiro atoms. The highest BCUT2D eigenvalue weighted by molar-refractivity contribution is 5.86. The van der Waals surface area contributed by atoms with Crippen LogP contribution in [0.15, 0.2) is 0 Å². The van der Waals surface area contributed by atoms with E-state index in [0.717, 1.165) is 32.2 Å². The highest BCUT2D eigenvalue weighted by Gasteiger charge is 2.52. The third-order valence-corrected chi connectivity index (χ3v) is 4.69. The normalized spacial score (nSPS) is 35.2. The topological polar surface area (TPSA) is 55.6 Å². The lowest BCUT2D eigenvalue weighted by Gasteiger charge is -2.45. The van der Waals surface area contributed by atoms with Crippen molar-refractivity contribution in [3.05, 3.63) is 0 Å². The number of fused-ring (bicyclic) bond motifs is 1. The monoisotopic (exact) mass is 238 g/mol. The Balaban J connectivity index is 1.75. The molecule has 4 nitrogen and oxygen atoms in total. The number of morpholine rings is 1. The number of carbonyl (C=O) groups excluding carboxylic acids is 1. The summed E-state index contributed by atoms with van der Waals surface area (Å²) in [7, 11) is 0. The van der Waals surface area contributed by atoms with E-state index >= 15 is 0 Å². The summed E-state index contributed by atoms with van der Waals surface area (Å²) in [4.78, 5) is 14.6. The van der Waals surface area contributed by atoms with Crippen LogP contribution in [0, 0.1) is 5.41 Å². The minimum Gasteiger partial charge on any atom is -0.374 e. The van der Waals surface area contributed by atoms with E-state index in [0.29, 0.717) is 25.1 Å². The summed E-state index contributed by atoms with van der Waals surface area (Å²) in [6.45, 7) is 1.98. The van der Waals surface area contributed by atoms with E-state index in [1.54, 1.807) is 0 Å². The summed E-state index contributed by atoms with van der Waals surface area (Å²) in [6, 6.07) is 0.328. The Labute approximate surface area is 102 Å². The summed E-state index contributed by atoms with van der Waals surface area (Å²) >= 11 is 0. The van der Waals surface area contributed by atoms with Gasteiger partial charge < -0.3 is 15.4 Å². The standard InChI is InChI=1S/C13H22N2O2/c14-9-13(5-6-13)12(16)15-7-8-17-11-4-2-1-3-10(11)15/h10-11H,1-9,14H2. The molecule has 3 fully saturated rings. The molecule has 1 saturated heterocycles. The van der Waals surface area contributed by atoms with Gasteiger partial charge in [0.05, 0.1) is 24.2 Å². The SMILES string of the molecule is NCC1(C(=O)N2CCOC3CCCCC32)CC1. The summed E-state index contributed by atoms with van der Waals surface area (Å²) in [5.41, 5.74) is 5.57. The number of hydrogen-bond acceptors (Lipinski definition) is 3. The fourth-order valence-corrected chi connectivity index (χ4v) is 3.31. The molecule has 2 atom stereocenters. The molecule has 2 unspecified atom stereocenters. The molecule has 1 aliphatic heterocycles. The third kappa shape index (κ3) is 1.87. The van der Waals surface area contributed by atoms with Gasteiger partial charge in [0.1, 0.15) is 0 Å². The molecule has 3 aliphatic rings. The van der Waals surface area contributed by atoms with Gasteiger partial charge >= 0.3 is 0 Å². The van der Waals surface area contributed by atoms with E-state index in [1.165, 1.54) is 12.8 Å². The predicted molar refractivity (Wildman–Crippen MR) is 64.4 cm³/mol. The Morgan fingerprint density at radius 2 is 2.12 bits per heavy atom. The van der Waals surface area contributed by atoms with Gasteiger partial charge in [0.15, 0.2) is 0 Å². The number of nitrogens with zero attached hydrogens (tertiary/aromatic N) is 1. The Bertz CT molecular complexity index is 313. The summed E-state index contributed by atoms with van der Waals surface area (Å²) in [6.07, 6.45) is 6.94. The van der Waals surface area contributed by atoms with E-state index in [2.05, 4.69) is 4.90 Å². The van der Waals surface area contributed by atoms with Gasteiger partial charge in [-0.05, 0) is 25.7 Å². The Morgan fingerprint density at radius 3 is 2.82 bits per heavy atom. The molecule has 0 bridgehead atoms. The lowest BCUT2D eigenvalue weighted by molar-refractivity contribution is -0.154. The fraction of sp³-hybridized carbons (Fsp3) is 0.923. The van der Waals surface area contributed by atoms with Gasteiger partial charge in [-0.15, -0.1) is 0 Å². The molecule has 1 heterocycles. The van der Waals surface area contributed by atoms with Crippen molar-refractivity contribution in [2.75, 3.05) is 19.7 Å². The molecule has 17 heavy (non-hydrogen) atoms. The quantitative estimate of drug-likeness (QED) is 0.777. The van der Waals surface area contributed by atoms with E-state index in [1.807, 2.05) is 0 Å². The van der Waals surface area contributed by atoms with Crippen molar-refractivity contribution in [1.82, 2.24) is 4.90 Å². The highest BCUT2D eigenvalue weighted by Crippen LogP contribution is 2.47. The number of ether oxygens (including phenoxy) is 1. The molecule has 0 aromatic carbocycles. The molecule has 3 rings (SSSR count). The van der Waals surface area contributed by atoms with Gasteiger partial charge in [0.25, 0.3) is 0 Å². The zero-order valence-corrected chi connectivity index (χ0v) is 10.4. The van der Waals surface area contributed by atoms with Crippen LogP contribution in [0.2, 0.25) is 0 Å². The van der Waals surface area contributed by atoms with E-state index < -0.39 is 0 Å². The molecule has 96 valence electrons. The smallest absolute Gasteiger partial charge is 0.230 e. The van der Waals surface area contributed by atoms with Crippen LogP contribution in [0.3, 0.4) is 0 Å². The van der Waals surface area contributed by atoms with Crippen molar-refractivity contribution in [2.24, 2.45) is 11.1 Å². The van der Waals surface area contributed by atoms with Crippen LogP contribution in [0.5, 0.6) is 0 Å². The highest BCUT2D eigenvalue weighted by atomic mass is 16.5. The van der Waals surface area contributed by atoms with Gasteiger partial charge in [-0.1, -0.05) is 12.8 Å². The second kappa shape index (κ2) is 4.25. The van der Waals surface area contributed by atoms with Gasteiger partial charge in [-0.25, -0.2) is 0 Å². The van der Waals surface area contributed by atoms with Crippen LogP contribution >= 0.6 is 0 Å². The minimum absolute atomic E-state index is 0.195. The Morgan fingerprint density at radius 1 is 1.35 bits per heavy atom. The molecule has 0 radical (unpaired) electrons. The fourth-order valence-electron chi connectivity index (χ4n) is 3.31. The molecule has 0 aromatic rings. The zero-order valence-electron chi connectivity index (χ0n) is 10.4. The third-order valence-electron chi connectivity index (χ3n) is 4.69. The van der Waals surface area contributed by atoms with Crippen LogP contribution in [0.1, 0.15) is 38.5 Å². The summed E-state index contributed by atoms with van der Waals surface area (Å²) in [5.74, 6) is 0.306. The van der Waals surface area contributed by atoms with Crippen LogP contribution < -0.4 is 5.73 Å². The van der Waals surface area contributed by atoms with Crippen molar-refractivity contribution in [3.63, 3.8) is 0 Å². The van der Waals surface area contributed by atoms with Crippen molar-refractivity contribution < 1.29 is 9.53 Å². The van der Waals surface area contributed by atoms with Crippen molar-refractivity contribution in [2.45, 2.75) is 50.7 Å². The van der Waals surface area contributed by atoms with Crippen LogP contribution in [-0.2, 0) is 9.53 Å². The maximum atomic E-state index is 12.6. The van der Waals surface area contributed by atoms with Gasteiger partial charge in [-0.2, -0.15) is 0 Å². The number of amides is 1. The summed E-state index contributed by atoms with van der Waals surface area (Å²) in [5, 5.41) is 0. The van der Waals surface area contributed by atoms with Crippen LogP contribution in [0.4, 0.5) is 0 Å². The van der Waals surface area contributed by atoms with Gasteiger partial charge in [0, 0.05) is 13.1 Å². The van der Waals surface area contributed by atoms with Gasteiger partial charge in [0.2, 0.25) is 5.91 Å². The second-order valence-corrected chi connectivity index (χ2v) is 5.74. The van der Waals surface area contributed by atoms with Crippen LogP contribution in [-0.4, -0.2) is 42.6 Å². The zero-order chi connectivity index (χ0) is 11.9. The van der Waals surface area contributed by atoms with E-state index in [-0.39, 0.29) is 11.5 Å². The molecular weight excluding hydrogens is 216 g/mol. The maximum absolute atomic E-state index is 12.6. The molecule has 1 amide bonds. The summed E-state index contributed by atoms with van der Waals surface area (Å²) < 4.78 is 5.80. The van der Waals surface area contributed by atoms with Crippen molar-refractivity contribution in [1.29, 1.82) is 0 Å². The average molecular weight is 238 g/mol. The van der Waals surface area contributed by atoms with E-state index in [9.17, 15) is 4.79 Å². The lowest BCUT2D eigenvalue weighted by atomic mass is 9.89. The molecular formula is C13H22N2O2. The number of nitrogens with two attached hydrogens (primary N) is 1. The van der Waals surface area contributed by atoms with Crippen molar-refractivity contribution in [3.8, 4) is 0 Å². The Hall–Kier alpha value is -0.610. The first-order valence-corrected chi connectivity index (χ1v) is 6.90. The molecule has 2 saturated carbocycles. The number of hydrogen-bond donors (Lipinski definition) is 1. The lowest BCUT2D eigenvalue weighted by Crippen LogP contribution is -2.57. The number of carbonyl (C=O) groups is 1. The Kier molecular flexibility index (Phi) is 2.87. The first-order valence-electron chi connectivity index (χ1n) is 6.90. The molecule has 2 aliphatic carbocycles. The molecule has 4 heteroatoms. The second-order valence-electron chi connectivity index (χ2n) is 5.74. The van der Waals surface area contributed by atoms with Gasteiger partial charge in [-0.3, -0.25) is 4.79 Å². The minimum atomic E-state index is -0.195. The molecule has 0 aromatic heterocycles. The largest absolute Gasteiger partial charge is 0.374 e. The first kappa shape index (κ1) is 11.5. The van der Waals surface area contributed by atoms with Crippen molar-refractivity contribution >= 4 is 5.91 Å².